The Kier molecular flexibility index (Phi) is 5.30. The van der Waals surface area contributed by atoms with Crippen molar-refractivity contribution in [2.75, 3.05) is 19.7 Å². The van der Waals surface area contributed by atoms with Gasteiger partial charge >= 0.3 is 5.97 Å². The molecule has 2 aliphatic heterocycles. The molecule has 0 spiro atoms. The number of hydrogen-bond acceptors (Lipinski definition) is 5. The number of benzene rings is 1. The topological polar surface area (TPSA) is 84.0 Å². The Morgan fingerprint density at radius 1 is 1.07 bits per heavy atom. The minimum Gasteiger partial charge on any atom is -0.454 e. The number of fused-ring (bicyclic) bond motifs is 1. The summed E-state index contributed by atoms with van der Waals surface area (Å²) < 4.78 is 5.12. The van der Waals surface area contributed by atoms with Crippen LogP contribution in [0, 0.1) is 11.8 Å². The fourth-order valence-electron chi connectivity index (χ4n) is 3.88. The van der Waals surface area contributed by atoms with Gasteiger partial charge in [-0.25, -0.2) is 4.79 Å². The zero-order chi connectivity index (χ0) is 19.7. The van der Waals surface area contributed by atoms with E-state index >= 15 is 0 Å². The maximum Gasteiger partial charge on any atom is 0.329 e. The molecule has 27 heavy (non-hydrogen) atoms. The average molecular weight is 372 g/mol. The van der Waals surface area contributed by atoms with Crippen LogP contribution in [0.3, 0.4) is 0 Å². The Balaban J connectivity index is 1.59. The van der Waals surface area contributed by atoms with Crippen molar-refractivity contribution in [3.05, 3.63) is 35.4 Å². The van der Waals surface area contributed by atoms with E-state index in [1.807, 2.05) is 0 Å². The normalized spacial score (nSPS) is 23.2. The van der Waals surface area contributed by atoms with E-state index in [1.165, 1.54) is 6.92 Å². The smallest absolute Gasteiger partial charge is 0.329 e. The van der Waals surface area contributed by atoms with Gasteiger partial charge in [0.1, 0.15) is 6.04 Å². The van der Waals surface area contributed by atoms with Crippen molar-refractivity contribution in [1.29, 1.82) is 0 Å². The summed E-state index contributed by atoms with van der Waals surface area (Å²) in [5.74, 6) is -1.25. The maximum atomic E-state index is 12.4. The van der Waals surface area contributed by atoms with E-state index in [-0.39, 0.29) is 23.6 Å². The monoisotopic (exact) mass is 372 g/mol. The van der Waals surface area contributed by atoms with Crippen LogP contribution in [0.4, 0.5) is 0 Å². The minimum atomic E-state index is -1.09. The van der Waals surface area contributed by atoms with Crippen molar-refractivity contribution < 1.29 is 23.9 Å². The summed E-state index contributed by atoms with van der Waals surface area (Å²) >= 11 is 0. The van der Waals surface area contributed by atoms with Crippen molar-refractivity contribution in [3.8, 4) is 0 Å². The molecule has 7 nitrogen and oxygen atoms in total. The van der Waals surface area contributed by atoms with Gasteiger partial charge in [-0.2, -0.15) is 0 Å². The van der Waals surface area contributed by atoms with E-state index in [2.05, 4.69) is 13.8 Å². The van der Waals surface area contributed by atoms with E-state index in [1.54, 1.807) is 29.2 Å². The van der Waals surface area contributed by atoms with Gasteiger partial charge in [0.05, 0.1) is 11.1 Å². The maximum absolute atomic E-state index is 12.4. The highest BCUT2D eigenvalue weighted by Gasteiger charge is 2.41. The van der Waals surface area contributed by atoms with Crippen LogP contribution >= 0.6 is 0 Å². The second-order valence-corrected chi connectivity index (χ2v) is 7.55. The fourth-order valence-corrected chi connectivity index (χ4v) is 3.88. The van der Waals surface area contributed by atoms with Crippen LogP contribution in [0.2, 0.25) is 0 Å². The molecule has 0 aliphatic carbocycles. The first-order valence-electron chi connectivity index (χ1n) is 9.21. The van der Waals surface area contributed by atoms with Crippen molar-refractivity contribution in [1.82, 2.24) is 9.80 Å². The molecule has 144 valence electrons. The molecule has 1 aromatic rings. The molecule has 7 heteroatoms. The third kappa shape index (κ3) is 3.72. The van der Waals surface area contributed by atoms with Crippen LogP contribution in [0.25, 0.3) is 0 Å². The van der Waals surface area contributed by atoms with Crippen molar-refractivity contribution in [2.45, 2.75) is 33.2 Å². The zero-order valence-corrected chi connectivity index (χ0v) is 15.8. The second kappa shape index (κ2) is 7.50. The van der Waals surface area contributed by atoms with Gasteiger partial charge in [0.2, 0.25) is 0 Å². The van der Waals surface area contributed by atoms with Crippen LogP contribution in [-0.2, 0) is 14.3 Å². The number of ether oxygens (including phenoxy) is 1. The molecule has 0 bridgehead atoms. The molecule has 3 amide bonds. The fraction of sp³-hybridized carbons (Fsp3) is 0.500. The lowest BCUT2D eigenvalue weighted by molar-refractivity contribution is -0.155. The molecule has 2 heterocycles. The highest BCUT2D eigenvalue weighted by atomic mass is 16.5. The molecule has 2 aliphatic rings. The van der Waals surface area contributed by atoms with E-state index in [0.717, 1.165) is 11.3 Å². The summed E-state index contributed by atoms with van der Waals surface area (Å²) in [5.41, 5.74) is 0.545. The molecular weight excluding hydrogens is 348 g/mol. The number of rotatable bonds is 4. The van der Waals surface area contributed by atoms with Gasteiger partial charge < -0.3 is 9.64 Å². The van der Waals surface area contributed by atoms with Gasteiger partial charge in [0.25, 0.3) is 17.7 Å². The van der Waals surface area contributed by atoms with Gasteiger partial charge in [-0.3, -0.25) is 19.3 Å². The summed E-state index contributed by atoms with van der Waals surface area (Å²) in [6.07, 6.45) is 1.07. The van der Waals surface area contributed by atoms with Crippen molar-refractivity contribution in [2.24, 2.45) is 11.8 Å². The lowest BCUT2D eigenvalue weighted by atomic mass is 9.92. The predicted molar refractivity (Wildman–Crippen MR) is 96.9 cm³/mol. The predicted octanol–water partition coefficient (Wildman–Crippen LogP) is 1.72. The third-order valence-corrected chi connectivity index (χ3v) is 5.11. The van der Waals surface area contributed by atoms with E-state index in [0.29, 0.717) is 24.9 Å². The first-order valence-corrected chi connectivity index (χ1v) is 9.21. The minimum absolute atomic E-state index is 0.253. The number of likely N-dealkylation sites (tertiary alicyclic amines) is 1. The Morgan fingerprint density at radius 2 is 1.59 bits per heavy atom. The number of hydrogen-bond donors (Lipinski definition) is 0. The Labute approximate surface area is 158 Å². The summed E-state index contributed by atoms with van der Waals surface area (Å²) in [5, 5.41) is 0. The quantitative estimate of drug-likeness (QED) is 0.594. The molecule has 1 saturated heterocycles. The number of amides is 3. The van der Waals surface area contributed by atoms with Crippen LogP contribution in [0.15, 0.2) is 24.3 Å². The van der Waals surface area contributed by atoms with Gasteiger partial charge in [0.15, 0.2) is 6.61 Å². The molecule has 0 N–H and O–H groups in total. The van der Waals surface area contributed by atoms with Crippen LogP contribution in [0.5, 0.6) is 0 Å². The van der Waals surface area contributed by atoms with Gasteiger partial charge in [-0.1, -0.05) is 26.0 Å². The molecule has 1 aromatic carbocycles. The average Bonchev–Trinajstić information content (AvgIpc) is 2.89. The number of carbonyl (C=O) groups is 4. The molecule has 0 radical (unpaired) electrons. The largest absolute Gasteiger partial charge is 0.454 e. The number of carbonyl (C=O) groups excluding carboxylic acids is 4. The summed E-state index contributed by atoms with van der Waals surface area (Å²) in [6.45, 7) is 6.52. The molecule has 0 aromatic heterocycles. The van der Waals surface area contributed by atoms with E-state index in [4.69, 9.17) is 4.74 Å². The first-order chi connectivity index (χ1) is 12.8. The third-order valence-electron chi connectivity index (χ3n) is 5.11. The number of esters is 1. The summed E-state index contributed by atoms with van der Waals surface area (Å²) in [4.78, 5) is 52.2. The van der Waals surface area contributed by atoms with Crippen LogP contribution in [0.1, 0.15) is 47.9 Å². The van der Waals surface area contributed by atoms with Gasteiger partial charge in [-0.15, -0.1) is 0 Å². The van der Waals surface area contributed by atoms with E-state index < -0.39 is 23.8 Å². The lowest BCUT2D eigenvalue weighted by Gasteiger charge is -2.34. The highest BCUT2D eigenvalue weighted by Crippen LogP contribution is 2.25. The van der Waals surface area contributed by atoms with Crippen molar-refractivity contribution in [3.63, 3.8) is 0 Å². The number of nitrogens with zero attached hydrogens (tertiary/aromatic N) is 2. The number of imide groups is 1. The molecule has 1 fully saturated rings. The Hall–Kier alpha value is -2.70. The first kappa shape index (κ1) is 19.1. The molecule has 0 unspecified atom stereocenters. The lowest BCUT2D eigenvalue weighted by Crippen LogP contribution is -2.46. The van der Waals surface area contributed by atoms with E-state index in [9.17, 15) is 19.2 Å². The van der Waals surface area contributed by atoms with Crippen molar-refractivity contribution >= 4 is 23.7 Å². The molecular formula is C20H24N2O5. The second-order valence-electron chi connectivity index (χ2n) is 7.55. The highest BCUT2D eigenvalue weighted by molar-refractivity contribution is 6.22. The molecule has 3 atom stereocenters. The number of piperidine rings is 1. The van der Waals surface area contributed by atoms with Gasteiger partial charge in [0, 0.05) is 13.1 Å². The Morgan fingerprint density at radius 3 is 2.11 bits per heavy atom. The van der Waals surface area contributed by atoms with Gasteiger partial charge in [-0.05, 0) is 37.3 Å². The molecule has 0 saturated carbocycles. The van der Waals surface area contributed by atoms with Crippen LogP contribution in [-0.4, -0.2) is 59.2 Å². The summed E-state index contributed by atoms with van der Waals surface area (Å²) in [6, 6.07) is 5.33. The summed E-state index contributed by atoms with van der Waals surface area (Å²) in [7, 11) is 0. The molecule has 3 rings (SSSR count). The van der Waals surface area contributed by atoms with Crippen LogP contribution < -0.4 is 0 Å². The Bertz CT molecular complexity index is 745. The zero-order valence-electron chi connectivity index (χ0n) is 15.8. The SMILES string of the molecule is C[C@H]1C[C@H](C)CN(C(=O)COC(=O)[C@@H](C)N2C(=O)c3ccccc3C2=O)C1. The standard InChI is InChI=1S/C20H24N2O5/c1-12-8-13(2)10-21(9-12)17(23)11-27-20(26)14(3)22-18(24)15-6-4-5-7-16(15)19(22)25/h4-7,12-14H,8-11H2,1-3H3/t12-,13-,14+/m0/s1.